The Hall–Kier alpha value is -1.61. The Kier molecular flexibility index (Phi) is 5.16. The smallest absolute Gasteiger partial charge is 0.196 e. The molecule has 3 heteroatoms. The molecule has 19 heavy (non-hydrogen) atoms. The molecule has 2 aromatic rings. The molecule has 1 aromatic heterocycles. The standard InChI is InChI=1S/C16H22N2O/c1-3-10-17-11-9-16-18-12-15(19-16)14-8-6-5-7-13(14)4-2/h5-8,12,17H,3-4,9-11H2,1-2H3. The fourth-order valence-corrected chi connectivity index (χ4v) is 2.12. The predicted octanol–water partition coefficient (Wildman–Crippen LogP) is 3.45. The van der Waals surface area contributed by atoms with Crippen molar-refractivity contribution in [1.82, 2.24) is 10.3 Å². The van der Waals surface area contributed by atoms with Crippen LogP contribution in [0.25, 0.3) is 11.3 Å². The first kappa shape index (κ1) is 13.8. The van der Waals surface area contributed by atoms with E-state index >= 15 is 0 Å². The number of oxazole rings is 1. The Labute approximate surface area is 115 Å². The highest BCUT2D eigenvalue weighted by Crippen LogP contribution is 2.24. The number of hydrogen-bond acceptors (Lipinski definition) is 3. The second kappa shape index (κ2) is 7.10. The Bertz CT molecular complexity index is 505. The summed E-state index contributed by atoms with van der Waals surface area (Å²) in [7, 11) is 0. The summed E-state index contributed by atoms with van der Waals surface area (Å²) in [5, 5.41) is 3.36. The molecule has 0 spiro atoms. The van der Waals surface area contributed by atoms with Crippen LogP contribution in [0.1, 0.15) is 31.7 Å². The number of benzene rings is 1. The zero-order valence-corrected chi connectivity index (χ0v) is 11.8. The lowest BCUT2D eigenvalue weighted by atomic mass is 10.0. The van der Waals surface area contributed by atoms with E-state index < -0.39 is 0 Å². The summed E-state index contributed by atoms with van der Waals surface area (Å²) in [6.45, 7) is 6.29. The fourth-order valence-electron chi connectivity index (χ4n) is 2.12. The zero-order chi connectivity index (χ0) is 13.5. The van der Waals surface area contributed by atoms with E-state index in [4.69, 9.17) is 4.42 Å². The molecular weight excluding hydrogens is 236 g/mol. The number of aromatic nitrogens is 1. The molecule has 0 fully saturated rings. The SMILES string of the molecule is CCCNCCc1ncc(-c2ccccc2CC)o1. The Balaban J connectivity index is 2.04. The highest BCUT2D eigenvalue weighted by Gasteiger charge is 2.09. The van der Waals surface area contributed by atoms with Crippen molar-refractivity contribution in [2.45, 2.75) is 33.1 Å². The number of aryl methyl sites for hydroxylation is 1. The van der Waals surface area contributed by atoms with Crippen LogP contribution in [-0.2, 0) is 12.8 Å². The van der Waals surface area contributed by atoms with Crippen molar-refractivity contribution < 1.29 is 4.42 Å². The van der Waals surface area contributed by atoms with Crippen molar-refractivity contribution in [3.8, 4) is 11.3 Å². The van der Waals surface area contributed by atoms with Gasteiger partial charge in [-0.15, -0.1) is 0 Å². The van der Waals surface area contributed by atoms with Gasteiger partial charge >= 0.3 is 0 Å². The monoisotopic (exact) mass is 258 g/mol. The van der Waals surface area contributed by atoms with Crippen molar-refractivity contribution in [2.75, 3.05) is 13.1 Å². The minimum absolute atomic E-state index is 0.810. The molecule has 3 nitrogen and oxygen atoms in total. The van der Waals surface area contributed by atoms with E-state index in [1.807, 2.05) is 12.3 Å². The predicted molar refractivity (Wildman–Crippen MR) is 78.2 cm³/mol. The minimum Gasteiger partial charge on any atom is -0.441 e. The number of nitrogens with one attached hydrogen (secondary N) is 1. The third kappa shape index (κ3) is 3.67. The molecule has 1 aromatic carbocycles. The second-order valence-corrected chi connectivity index (χ2v) is 4.63. The van der Waals surface area contributed by atoms with Gasteiger partial charge in [-0.3, -0.25) is 0 Å². The summed E-state index contributed by atoms with van der Waals surface area (Å²) in [4.78, 5) is 4.36. The summed E-state index contributed by atoms with van der Waals surface area (Å²) >= 11 is 0. The van der Waals surface area contributed by atoms with E-state index in [0.29, 0.717) is 0 Å². The van der Waals surface area contributed by atoms with Gasteiger partial charge in [0.2, 0.25) is 0 Å². The molecule has 0 aliphatic heterocycles. The van der Waals surface area contributed by atoms with Gasteiger partial charge in [-0.1, -0.05) is 38.1 Å². The fraction of sp³-hybridized carbons (Fsp3) is 0.438. The van der Waals surface area contributed by atoms with Crippen molar-refractivity contribution >= 4 is 0 Å². The van der Waals surface area contributed by atoms with Crippen LogP contribution >= 0.6 is 0 Å². The van der Waals surface area contributed by atoms with Gasteiger partial charge in [0.1, 0.15) is 0 Å². The van der Waals surface area contributed by atoms with Gasteiger partial charge in [0.15, 0.2) is 11.7 Å². The third-order valence-electron chi connectivity index (χ3n) is 3.16. The summed E-state index contributed by atoms with van der Waals surface area (Å²) in [6.07, 6.45) is 4.84. The molecule has 1 N–H and O–H groups in total. The molecule has 0 aliphatic rings. The Morgan fingerprint density at radius 1 is 1.16 bits per heavy atom. The number of nitrogens with zero attached hydrogens (tertiary/aromatic N) is 1. The number of hydrogen-bond donors (Lipinski definition) is 1. The molecule has 0 atom stereocenters. The Morgan fingerprint density at radius 2 is 2.00 bits per heavy atom. The molecular formula is C16H22N2O. The van der Waals surface area contributed by atoms with Gasteiger partial charge in [-0.05, 0) is 24.9 Å². The highest BCUT2D eigenvalue weighted by atomic mass is 16.4. The van der Waals surface area contributed by atoms with Crippen molar-refractivity contribution in [3.63, 3.8) is 0 Å². The quantitative estimate of drug-likeness (QED) is 0.773. The summed E-state index contributed by atoms with van der Waals surface area (Å²) in [5.41, 5.74) is 2.46. The summed E-state index contributed by atoms with van der Waals surface area (Å²) in [6, 6.07) is 8.34. The average molecular weight is 258 g/mol. The normalized spacial score (nSPS) is 10.8. The van der Waals surface area contributed by atoms with Crippen LogP contribution in [0.3, 0.4) is 0 Å². The Morgan fingerprint density at radius 3 is 2.79 bits per heavy atom. The molecule has 2 rings (SSSR count). The average Bonchev–Trinajstić information content (AvgIpc) is 2.92. The topological polar surface area (TPSA) is 38.1 Å². The largest absolute Gasteiger partial charge is 0.441 e. The molecule has 0 bridgehead atoms. The molecule has 1 heterocycles. The van der Waals surface area contributed by atoms with E-state index in [2.05, 4.69) is 42.3 Å². The molecule has 0 unspecified atom stereocenters. The van der Waals surface area contributed by atoms with Gasteiger partial charge < -0.3 is 9.73 Å². The molecule has 102 valence electrons. The molecule has 0 radical (unpaired) electrons. The third-order valence-corrected chi connectivity index (χ3v) is 3.16. The van der Waals surface area contributed by atoms with Crippen molar-refractivity contribution in [1.29, 1.82) is 0 Å². The van der Waals surface area contributed by atoms with Crippen LogP contribution < -0.4 is 5.32 Å². The van der Waals surface area contributed by atoms with Gasteiger partial charge in [0, 0.05) is 18.5 Å². The lowest BCUT2D eigenvalue weighted by molar-refractivity contribution is 0.494. The van der Waals surface area contributed by atoms with E-state index in [9.17, 15) is 0 Å². The van der Waals surface area contributed by atoms with E-state index in [0.717, 1.165) is 49.6 Å². The van der Waals surface area contributed by atoms with Crippen molar-refractivity contribution in [3.05, 3.63) is 41.9 Å². The van der Waals surface area contributed by atoms with Gasteiger partial charge in [0.25, 0.3) is 0 Å². The van der Waals surface area contributed by atoms with Crippen LogP contribution in [0, 0.1) is 0 Å². The van der Waals surface area contributed by atoms with Crippen LogP contribution in [-0.4, -0.2) is 18.1 Å². The van der Waals surface area contributed by atoms with Crippen LogP contribution in [0.4, 0.5) is 0 Å². The first-order chi connectivity index (χ1) is 9.35. The van der Waals surface area contributed by atoms with E-state index in [1.165, 1.54) is 5.56 Å². The second-order valence-electron chi connectivity index (χ2n) is 4.63. The van der Waals surface area contributed by atoms with Crippen molar-refractivity contribution in [2.24, 2.45) is 0 Å². The maximum Gasteiger partial charge on any atom is 0.196 e. The van der Waals surface area contributed by atoms with Gasteiger partial charge in [-0.2, -0.15) is 0 Å². The van der Waals surface area contributed by atoms with Gasteiger partial charge in [-0.25, -0.2) is 4.98 Å². The first-order valence-electron chi connectivity index (χ1n) is 7.08. The maximum absolute atomic E-state index is 5.84. The van der Waals surface area contributed by atoms with Crippen LogP contribution in [0.5, 0.6) is 0 Å². The lowest BCUT2D eigenvalue weighted by Crippen LogP contribution is -2.17. The van der Waals surface area contributed by atoms with Crippen LogP contribution in [0.2, 0.25) is 0 Å². The van der Waals surface area contributed by atoms with E-state index in [1.54, 1.807) is 0 Å². The minimum atomic E-state index is 0.810. The first-order valence-corrected chi connectivity index (χ1v) is 7.08. The zero-order valence-electron chi connectivity index (χ0n) is 11.8. The van der Waals surface area contributed by atoms with E-state index in [-0.39, 0.29) is 0 Å². The summed E-state index contributed by atoms with van der Waals surface area (Å²) < 4.78 is 5.84. The maximum atomic E-state index is 5.84. The molecule has 0 amide bonds. The molecule has 0 saturated carbocycles. The lowest BCUT2D eigenvalue weighted by Gasteiger charge is -2.03. The highest BCUT2D eigenvalue weighted by molar-refractivity contribution is 5.61. The van der Waals surface area contributed by atoms with Crippen LogP contribution in [0.15, 0.2) is 34.9 Å². The molecule has 0 saturated heterocycles. The summed E-state index contributed by atoms with van der Waals surface area (Å²) in [5.74, 6) is 1.69. The molecule has 0 aliphatic carbocycles. The number of rotatable bonds is 7. The van der Waals surface area contributed by atoms with Gasteiger partial charge in [0.05, 0.1) is 6.20 Å².